The molecule has 0 saturated heterocycles. The van der Waals surface area contributed by atoms with Crippen molar-refractivity contribution in [2.24, 2.45) is 5.92 Å². The van der Waals surface area contributed by atoms with Gasteiger partial charge in [0.1, 0.15) is 5.82 Å². The van der Waals surface area contributed by atoms with Gasteiger partial charge in [0.25, 0.3) is 0 Å². The summed E-state index contributed by atoms with van der Waals surface area (Å²) in [5, 5.41) is 0. The van der Waals surface area contributed by atoms with Gasteiger partial charge in [-0.2, -0.15) is 0 Å². The van der Waals surface area contributed by atoms with Crippen LogP contribution in [0.4, 0.5) is 4.39 Å². The van der Waals surface area contributed by atoms with E-state index in [-0.39, 0.29) is 11.5 Å². The molecule has 0 N–H and O–H groups in total. The summed E-state index contributed by atoms with van der Waals surface area (Å²) in [6.45, 7) is 9.94. The SMILES string of the molecule is CC.Cc1ccc(C(=O)OCC(C)C)c(F)c1. The van der Waals surface area contributed by atoms with Crippen molar-refractivity contribution in [3.63, 3.8) is 0 Å². The molecule has 0 atom stereocenters. The Kier molecular flexibility index (Phi) is 7.19. The van der Waals surface area contributed by atoms with E-state index in [1.807, 2.05) is 27.7 Å². The van der Waals surface area contributed by atoms with Gasteiger partial charge in [-0.3, -0.25) is 0 Å². The first-order chi connectivity index (χ1) is 8.00. The molecule has 0 aliphatic carbocycles. The number of carbonyl (C=O) groups is 1. The molecule has 2 nitrogen and oxygen atoms in total. The summed E-state index contributed by atoms with van der Waals surface area (Å²) in [5.74, 6) is -0.868. The van der Waals surface area contributed by atoms with E-state index in [9.17, 15) is 9.18 Å². The molecular formula is C14H21FO2. The van der Waals surface area contributed by atoms with Crippen LogP contribution in [-0.4, -0.2) is 12.6 Å². The zero-order chi connectivity index (χ0) is 13.4. The van der Waals surface area contributed by atoms with Gasteiger partial charge in [0, 0.05) is 0 Å². The van der Waals surface area contributed by atoms with Crippen molar-refractivity contribution >= 4 is 5.97 Å². The van der Waals surface area contributed by atoms with E-state index in [4.69, 9.17) is 4.74 Å². The molecule has 0 aliphatic heterocycles. The second kappa shape index (κ2) is 7.82. The fourth-order valence-corrected chi connectivity index (χ4v) is 1.11. The number of aryl methyl sites for hydroxylation is 1. The highest BCUT2D eigenvalue weighted by Gasteiger charge is 2.13. The van der Waals surface area contributed by atoms with Gasteiger partial charge in [0.2, 0.25) is 0 Å². The molecule has 0 fully saturated rings. The van der Waals surface area contributed by atoms with Gasteiger partial charge >= 0.3 is 5.97 Å². The summed E-state index contributed by atoms with van der Waals surface area (Å²) in [4.78, 5) is 11.4. The van der Waals surface area contributed by atoms with E-state index in [2.05, 4.69) is 0 Å². The third kappa shape index (κ3) is 5.48. The fraction of sp³-hybridized carbons (Fsp3) is 0.500. The zero-order valence-electron chi connectivity index (χ0n) is 11.2. The fourth-order valence-electron chi connectivity index (χ4n) is 1.11. The van der Waals surface area contributed by atoms with E-state index in [1.165, 1.54) is 12.1 Å². The van der Waals surface area contributed by atoms with E-state index in [1.54, 1.807) is 13.0 Å². The normalized spacial score (nSPS) is 9.59. The topological polar surface area (TPSA) is 26.3 Å². The van der Waals surface area contributed by atoms with Crippen LogP contribution in [0.1, 0.15) is 43.6 Å². The van der Waals surface area contributed by atoms with Crippen molar-refractivity contribution in [3.8, 4) is 0 Å². The van der Waals surface area contributed by atoms with Gasteiger partial charge in [0.05, 0.1) is 12.2 Å². The van der Waals surface area contributed by atoms with Gasteiger partial charge in [-0.15, -0.1) is 0 Å². The minimum Gasteiger partial charge on any atom is -0.462 e. The lowest BCUT2D eigenvalue weighted by Gasteiger charge is -2.07. The van der Waals surface area contributed by atoms with Crippen molar-refractivity contribution in [3.05, 3.63) is 35.1 Å². The molecule has 1 rings (SSSR count). The number of halogens is 1. The van der Waals surface area contributed by atoms with Crippen LogP contribution in [0.25, 0.3) is 0 Å². The maximum absolute atomic E-state index is 13.3. The average Bonchev–Trinajstić information content (AvgIpc) is 2.28. The Morgan fingerprint density at radius 2 is 1.94 bits per heavy atom. The summed E-state index contributed by atoms with van der Waals surface area (Å²) in [5.41, 5.74) is 0.786. The molecule has 0 aliphatic rings. The van der Waals surface area contributed by atoms with Crippen molar-refractivity contribution < 1.29 is 13.9 Å². The summed E-state index contributed by atoms with van der Waals surface area (Å²) in [6.07, 6.45) is 0. The second-order valence-corrected chi connectivity index (χ2v) is 3.98. The lowest BCUT2D eigenvalue weighted by molar-refractivity contribution is 0.0453. The molecule has 96 valence electrons. The Morgan fingerprint density at radius 1 is 1.35 bits per heavy atom. The molecule has 0 heterocycles. The molecule has 0 unspecified atom stereocenters. The maximum Gasteiger partial charge on any atom is 0.341 e. The Morgan fingerprint density at radius 3 is 2.41 bits per heavy atom. The van der Waals surface area contributed by atoms with Gasteiger partial charge in [-0.1, -0.05) is 33.8 Å². The van der Waals surface area contributed by atoms with Gasteiger partial charge in [-0.25, -0.2) is 9.18 Å². The van der Waals surface area contributed by atoms with Crippen molar-refractivity contribution in [1.29, 1.82) is 0 Å². The van der Waals surface area contributed by atoms with Gasteiger partial charge in [-0.05, 0) is 30.5 Å². The quantitative estimate of drug-likeness (QED) is 0.747. The Balaban J connectivity index is 0.00000121. The van der Waals surface area contributed by atoms with E-state index in [0.717, 1.165) is 5.56 Å². The number of rotatable bonds is 3. The minimum absolute atomic E-state index is 0.00116. The number of carbonyl (C=O) groups excluding carboxylic acids is 1. The first-order valence-corrected chi connectivity index (χ1v) is 5.94. The minimum atomic E-state index is -0.596. The van der Waals surface area contributed by atoms with Crippen LogP contribution in [-0.2, 0) is 4.74 Å². The molecule has 1 aromatic carbocycles. The third-order valence-electron chi connectivity index (χ3n) is 1.89. The molecule has 0 bridgehead atoms. The number of ether oxygens (including phenoxy) is 1. The Bertz CT molecular complexity index is 359. The summed E-state index contributed by atoms with van der Waals surface area (Å²) in [6, 6.07) is 4.47. The van der Waals surface area contributed by atoms with Crippen molar-refractivity contribution in [1.82, 2.24) is 0 Å². The summed E-state index contributed by atoms with van der Waals surface area (Å²) >= 11 is 0. The Labute approximate surface area is 103 Å². The lowest BCUT2D eigenvalue weighted by atomic mass is 10.1. The molecule has 0 amide bonds. The maximum atomic E-state index is 13.3. The van der Waals surface area contributed by atoms with Crippen LogP contribution in [0.15, 0.2) is 18.2 Å². The highest BCUT2D eigenvalue weighted by atomic mass is 19.1. The number of hydrogen-bond donors (Lipinski definition) is 0. The molecule has 0 radical (unpaired) electrons. The van der Waals surface area contributed by atoms with E-state index >= 15 is 0 Å². The largest absolute Gasteiger partial charge is 0.462 e. The molecule has 0 aromatic heterocycles. The van der Waals surface area contributed by atoms with Crippen LogP contribution in [0.3, 0.4) is 0 Å². The predicted octanol–water partition coefficient (Wildman–Crippen LogP) is 3.97. The van der Waals surface area contributed by atoms with Gasteiger partial charge < -0.3 is 4.74 Å². The molecule has 0 spiro atoms. The summed E-state index contributed by atoms with van der Waals surface area (Å²) < 4.78 is 18.3. The van der Waals surface area contributed by atoms with Crippen LogP contribution >= 0.6 is 0 Å². The van der Waals surface area contributed by atoms with E-state index < -0.39 is 11.8 Å². The molecule has 3 heteroatoms. The van der Waals surface area contributed by atoms with Crippen molar-refractivity contribution in [2.75, 3.05) is 6.61 Å². The highest BCUT2D eigenvalue weighted by Crippen LogP contribution is 2.11. The third-order valence-corrected chi connectivity index (χ3v) is 1.89. The van der Waals surface area contributed by atoms with Crippen LogP contribution in [0.5, 0.6) is 0 Å². The van der Waals surface area contributed by atoms with Crippen molar-refractivity contribution in [2.45, 2.75) is 34.6 Å². The number of benzene rings is 1. The van der Waals surface area contributed by atoms with Crippen LogP contribution in [0.2, 0.25) is 0 Å². The average molecular weight is 240 g/mol. The number of esters is 1. The molecule has 1 aromatic rings. The standard InChI is InChI=1S/C12H15FO2.C2H6/c1-8(2)7-15-12(14)10-5-4-9(3)6-11(10)13;1-2/h4-6,8H,7H2,1-3H3;1-2H3. The van der Waals surface area contributed by atoms with Crippen LogP contribution < -0.4 is 0 Å². The zero-order valence-corrected chi connectivity index (χ0v) is 11.2. The molecular weight excluding hydrogens is 219 g/mol. The summed E-state index contributed by atoms with van der Waals surface area (Å²) in [7, 11) is 0. The number of hydrogen-bond acceptors (Lipinski definition) is 2. The highest BCUT2D eigenvalue weighted by molar-refractivity contribution is 5.89. The lowest BCUT2D eigenvalue weighted by Crippen LogP contribution is -2.11. The smallest absolute Gasteiger partial charge is 0.341 e. The molecule has 17 heavy (non-hydrogen) atoms. The van der Waals surface area contributed by atoms with Crippen LogP contribution in [0, 0.1) is 18.7 Å². The first-order valence-electron chi connectivity index (χ1n) is 5.94. The monoisotopic (exact) mass is 240 g/mol. The molecule has 0 saturated carbocycles. The Hall–Kier alpha value is -1.38. The van der Waals surface area contributed by atoms with E-state index in [0.29, 0.717) is 6.61 Å². The first kappa shape index (κ1) is 15.6. The van der Waals surface area contributed by atoms with Gasteiger partial charge in [0.15, 0.2) is 0 Å². The second-order valence-electron chi connectivity index (χ2n) is 3.98. The predicted molar refractivity (Wildman–Crippen MR) is 67.6 cm³/mol.